The van der Waals surface area contributed by atoms with Gasteiger partial charge in [0.15, 0.2) is 5.13 Å². The van der Waals surface area contributed by atoms with E-state index in [4.69, 9.17) is 23.2 Å². The summed E-state index contributed by atoms with van der Waals surface area (Å²) in [5.41, 5.74) is 3.30. The zero-order valence-corrected chi connectivity index (χ0v) is 15.0. The van der Waals surface area contributed by atoms with Gasteiger partial charge < -0.3 is 10.6 Å². The molecule has 4 nitrogen and oxygen atoms in total. The highest BCUT2D eigenvalue weighted by atomic mass is 35.5. The molecule has 122 valence electrons. The van der Waals surface area contributed by atoms with Crippen LogP contribution in [0.25, 0.3) is 11.3 Å². The average Bonchev–Trinajstić information content (AvgIpc) is 2.98. The van der Waals surface area contributed by atoms with E-state index in [1.54, 1.807) is 12.1 Å². The van der Waals surface area contributed by atoms with Gasteiger partial charge in [0.1, 0.15) is 0 Å². The van der Waals surface area contributed by atoms with Crippen LogP contribution < -0.4 is 10.6 Å². The first-order valence-corrected chi connectivity index (χ1v) is 8.70. The quantitative estimate of drug-likeness (QED) is 0.602. The first kappa shape index (κ1) is 16.8. The van der Waals surface area contributed by atoms with Crippen molar-refractivity contribution in [1.82, 2.24) is 4.98 Å². The van der Waals surface area contributed by atoms with Crippen molar-refractivity contribution in [2.75, 3.05) is 10.6 Å². The molecule has 2 aromatic carbocycles. The van der Waals surface area contributed by atoms with Crippen LogP contribution >= 0.6 is 34.5 Å². The molecule has 0 saturated heterocycles. The molecule has 1 heterocycles. The number of amides is 1. The molecule has 0 atom stereocenters. The van der Waals surface area contributed by atoms with E-state index in [0.29, 0.717) is 10.0 Å². The molecule has 0 radical (unpaired) electrons. The molecule has 2 N–H and O–H groups in total. The summed E-state index contributed by atoms with van der Waals surface area (Å²) in [6.07, 6.45) is 0. The Balaban J connectivity index is 1.79. The monoisotopic (exact) mass is 377 g/mol. The molecule has 0 aliphatic carbocycles. The lowest BCUT2D eigenvalue weighted by molar-refractivity contribution is -0.114. The van der Waals surface area contributed by atoms with Gasteiger partial charge in [0, 0.05) is 29.2 Å². The summed E-state index contributed by atoms with van der Waals surface area (Å²) in [6, 6.07) is 12.9. The van der Waals surface area contributed by atoms with Gasteiger partial charge in [-0.3, -0.25) is 4.79 Å². The lowest BCUT2D eigenvalue weighted by atomic mass is 10.2. The predicted molar refractivity (Wildman–Crippen MR) is 102 cm³/mol. The average molecular weight is 378 g/mol. The Kier molecular flexibility index (Phi) is 5.04. The van der Waals surface area contributed by atoms with E-state index in [1.807, 2.05) is 35.7 Å². The van der Waals surface area contributed by atoms with Crippen molar-refractivity contribution in [1.29, 1.82) is 0 Å². The summed E-state index contributed by atoms with van der Waals surface area (Å²) >= 11 is 13.5. The fourth-order valence-electron chi connectivity index (χ4n) is 2.12. The van der Waals surface area contributed by atoms with Crippen LogP contribution in [-0.4, -0.2) is 10.9 Å². The molecule has 24 heavy (non-hydrogen) atoms. The molecule has 0 saturated carbocycles. The number of halogens is 2. The van der Waals surface area contributed by atoms with Crippen molar-refractivity contribution in [2.45, 2.75) is 6.92 Å². The SMILES string of the molecule is CC(=O)Nc1cccc(Nc2nc(-c3ccc(Cl)c(Cl)c3)cs2)c1. The Morgan fingerprint density at radius 3 is 2.62 bits per heavy atom. The van der Waals surface area contributed by atoms with Gasteiger partial charge in [-0.25, -0.2) is 4.98 Å². The molecular weight excluding hydrogens is 365 g/mol. The maximum atomic E-state index is 11.1. The molecule has 0 fully saturated rings. The van der Waals surface area contributed by atoms with Gasteiger partial charge in [0.05, 0.1) is 15.7 Å². The van der Waals surface area contributed by atoms with Gasteiger partial charge in [-0.1, -0.05) is 35.3 Å². The lowest BCUT2D eigenvalue weighted by Crippen LogP contribution is -2.05. The number of aromatic nitrogens is 1. The van der Waals surface area contributed by atoms with Gasteiger partial charge in [-0.2, -0.15) is 0 Å². The van der Waals surface area contributed by atoms with Crippen LogP contribution in [0.2, 0.25) is 10.0 Å². The van der Waals surface area contributed by atoms with Gasteiger partial charge in [-0.05, 0) is 30.3 Å². The van der Waals surface area contributed by atoms with E-state index in [0.717, 1.165) is 27.8 Å². The topological polar surface area (TPSA) is 54.0 Å². The number of rotatable bonds is 4. The highest BCUT2D eigenvalue weighted by Crippen LogP contribution is 2.31. The van der Waals surface area contributed by atoms with Crippen molar-refractivity contribution in [3.63, 3.8) is 0 Å². The van der Waals surface area contributed by atoms with E-state index < -0.39 is 0 Å². The number of nitrogens with one attached hydrogen (secondary N) is 2. The molecule has 0 bridgehead atoms. The summed E-state index contributed by atoms with van der Waals surface area (Å²) in [7, 11) is 0. The summed E-state index contributed by atoms with van der Waals surface area (Å²) in [5, 5.41) is 9.69. The van der Waals surface area contributed by atoms with E-state index in [2.05, 4.69) is 15.6 Å². The van der Waals surface area contributed by atoms with Gasteiger partial charge in [0.25, 0.3) is 0 Å². The predicted octanol–water partition coefficient (Wildman–Crippen LogP) is 5.82. The first-order chi connectivity index (χ1) is 11.5. The number of carbonyl (C=O) groups is 1. The summed E-state index contributed by atoms with van der Waals surface area (Å²) < 4.78 is 0. The van der Waals surface area contributed by atoms with E-state index in [1.165, 1.54) is 18.3 Å². The third kappa shape index (κ3) is 4.06. The summed E-state index contributed by atoms with van der Waals surface area (Å²) in [6.45, 7) is 1.48. The molecular formula is C17H13Cl2N3OS. The fraction of sp³-hybridized carbons (Fsp3) is 0.0588. The molecule has 0 unspecified atom stereocenters. The van der Waals surface area contributed by atoms with Crippen LogP contribution in [0.1, 0.15) is 6.92 Å². The minimum atomic E-state index is -0.108. The van der Waals surface area contributed by atoms with E-state index in [9.17, 15) is 4.79 Å². The molecule has 0 spiro atoms. The number of benzene rings is 2. The maximum absolute atomic E-state index is 11.1. The van der Waals surface area contributed by atoms with E-state index in [-0.39, 0.29) is 5.91 Å². The number of hydrogen-bond acceptors (Lipinski definition) is 4. The van der Waals surface area contributed by atoms with Crippen molar-refractivity contribution < 1.29 is 4.79 Å². The van der Waals surface area contributed by atoms with Crippen LogP contribution in [0.15, 0.2) is 47.8 Å². The second kappa shape index (κ2) is 7.21. The number of nitrogens with zero attached hydrogens (tertiary/aromatic N) is 1. The highest BCUT2D eigenvalue weighted by Gasteiger charge is 2.07. The van der Waals surface area contributed by atoms with Crippen molar-refractivity contribution in [3.8, 4) is 11.3 Å². The highest BCUT2D eigenvalue weighted by molar-refractivity contribution is 7.14. The minimum absolute atomic E-state index is 0.108. The standard InChI is InChI=1S/C17H13Cl2N3OS/c1-10(23)20-12-3-2-4-13(8-12)21-17-22-16(9-24-17)11-5-6-14(18)15(19)7-11/h2-9H,1H3,(H,20,23)(H,21,22). The first-order valence-electron chi connectivity index (χ1n) is 7.07. The van der Waals surface area contributed by atoms with Crippen molar-refractivity contribution in [2.24, 2.45) is 0 Å². The van der Waals surface area contributed by atoms with Gasteiger partial charge >= 0.3 is 0 Å². The minimum Gasteiger partial charge on any atom is -0.331 e. The molecule has 1 amide bonds. The Morgan fingerprint density at radius 2 is 1.88 bits per heavy atom. The maximum Gasteiger partial charge on any atom is 0.221 e. The number of anilines is 3. The Morgan fingerprint density at radius 1 is 1.08 bits per heavy atom. The molecule has 7 heteroatoms. The summed E-state index contributed by atoms with van der Waals surface area (Å²) in [5.74, 6) is -0.108. The molecule has 3 aromatic rings. The molecule has 0 aliphatic heterocycles. The summed E-state index contributed by atoms with van der Waals surface area (Å²) in [4.78, 5) is 15.7. The Labute approximate surface area is 153 Å². The molecule has 3 rings (SSSR count). The zero-order chi connectivity index (χ0) is 17.1. The number of thiazole rings is 1. The van der Waals surface area contributed by atoms with Crippen LogP contribution in [0.4, 0.5) is 16.5 Å². The molecule has 1 aromatic heterocycles. The second-order valence-electron chi connectivity index (χ2n) is 5.05. The smallest absolute Gasteiger partial charge is 0.221 e. The Bertz CT molecular complexity index is 895. The number of carbonyl (C=O) groups excluding carboxylic acids is 1. The lowest BCUT2D eigenvalue weighted by Gasteiger charge is -2.06. The van der Waals surface area contributed by atoms with E-state index >= 15 is 0 Å². The van der Waals surface area contributed by atoms with Crippen LogP contribution in [0.3, 0.4) is 0 Å². The molecule has 0 aliphatic rings. The Hall–Kier alpha value is -2.08. The fourth-order valence-corrected chi connectivity index (χ4v) is 3.16. The van der Waals surface area contributed by atoms with Crippen LogP contribution in [-0.2, 0) is 4.79 Å². The number of hydrogen-bond donors (Lipinski definition) is 2. The van der Waals surface area contributed by atoms with Gasteiger partial charge in [0.2, 0.25) is 5.91 Å². The second-order valence-corrected chi connectivity index (χ2v) is 6.73. The van der Waals surface area contributed by atoms with Crippen molar-refractivity contribution in [3.05, 3.63) is 57.9 Å². The van der Waals surface area contributed by atoms with Gasteiger partial charge in [-0.15, -0.1) is 11.3 Å². The normalized spacial score (nSPS) is 10.5. The third-order valence-corrected chi connectivity index (χ3v) is 4.65. The largest absolute Gasteiger partial charge is 0.331 e. The van der Waals surface area contributed by atoms with Crippen molar-refractivity contribution >= 4 is 57.0 Å². The third-order valence-electron chi connectivity index (χ3n) is 3.15. The zero-order valence-electron chi connectivity index (χ0n) is 12.6. The van der Waals surface area contributed by atoms with Crippen LogP contribution in [0.5, 0.6) is 0 Å². The van der Waals surface area contributed by atoms with Crippen LogP contribution in [0, 0.1) is 0 Å².